The second kappa shape index (κ2) is 13.3. The van der Waals surface area contributed by atoms with Gasteiger partial charge in [0.25, 0.3) is 0 Å². The number of hydrogen-bond donors (Lipinski definition) is 2. The molecule has 8 atom stereocenters. The molecule has 0 radical (unpaired) electrons. The minimum absolute atomic E-state index is 0.0237. The van der Waals surface area contributed by atoms with E-state index in [1.54, 1.807) is 6.07 Å². The number of nitrogens with zero attached hydrogens (tertiary/aromatic N) is 2. The van der Waals surface area contributed by atoms with Gasteiger partial charge in [-0.2, -0.15) is 21.6 Å². The molecule has 4 bridgehead atoms. The van der Waals surface area contributed by atoms with Gasteiger partial charge in [-0.25, -0.2) is 9.78 Å². The largest absolute Gasteiger partial charge is 0.534 e. The molecule has 2 amide bonds. The number of likely N-dealkylation sites (tertiary alicyclic amines) is 1. The van der Waals surface area contributed by atoms with Gasteiger partial charge in [-0.1, -0.05) is 56.3 Å². The van der Waals surface area contributed by atoms with E-state index in [1.165, 1.54) is 29.9 Å². The molecule has 6 aliphatic rings. The highest BCUT2D eigenvalue weighted by Crippen LogP contribution is 2.62. The Labute approximate surface area is 335 Å². The molecule has 4 fully saturated rings. The highest BCUT2D eigenvalue weighted by atomic mass is 32.2. The number of alkyl carbamates (subject to hydrolysis) is 1. The number of rotatable bonds is 9. The number of carbonyl (C=O) groups excluding carboxylic acids is 2. The molecule has 10 nitrogen and oxygen atoms in total. The summed E-state index contributed by atoms with van der Waals surface area (Å²) in [6.07, 6.45) is 8.71. The fraction of sp³-hybridized carbons (Fsp3) is 0.477. The lowest BCUT2D eigenvalue weighted by atomic mass is 9.78. The molecule has 2 heterocycles. The highest BCUT2D eigenvalue weighted by Gasteiger charge is 2.56. The molecule has 3 saturated carbocycles. The van der Waals surface area contributed by atoms with E-state index in [0.717, 1.165) is 90.7 Å². The van der Waals surface area contributed by atoms with Crippen LogP contribution < -0.4 is 9.50 Å². The average Bonchev–Trinajstić information content (AvgIpc) is 3.92. The maximum atomic E-state index is 13.9. The SMILES string of the molecule is COC(=O)N[C@H](C(=O)N1C2CC2C[C@H]1c1ncc(-c2ccc(-c3ccc(-c4ccc(OS(=O)(=O)C(F)(F)F)c5c4C4CCC5C4)c4c3C3CCC4C3)cc2)[nH]1)C(C)C. The zero-order valence-electron chi connectivity index (χ0n) is 32.4. The number of alkyl halides is 3. The number of amides is 2. The quantitative estimate of drug-likeness (QED) is 0.127. The molecule has 10 rings (SSSR count). The molecule has 2 N–H and O–H groups in total. The fourth-order valence-electron chi connectivity index (χ4n) is 11.3. The topological polar surface area (TPSA) is 131 Å². The molecule has 5 aliphatic carbocycles. The van der Waals surface area contributed by atoms with Gasteiger partial charge in [0.15, 0.2) is 0 Å². The second-order valence-electron chi connectivity index (χ2n) is 17.5. The van der Waals surface area contributed by atoms with Crippen molar-refractivity contribution in [3.8, 4) is 39.3 Å². The molecule has 3 aromatic carbocycles. The van der Waals surface area contributed by atoms with Crippen LogP contribution in [0.3, 0.4) is 0 Å². The van der Waals surface area contributed by atoms with Crippen LogP contribution in [0.2, 0.25) is 0 Å². The minimum atomic E-state index is -5.79. The third-order valence-corrected chi connectivity index (χ3v) is 14.9. The summed E-state index contributed by atoms with van der Waals surface area (Å²) < 4.78 is 73.9. The van der Waals surface area contributed by atoms with E-state index < -0.39 is 27.8 Å². The summed E-state index contributed by atoms with van der Waals surface area (Å²) in [5.74, 6) is 1.63. The number of aromatic nitrogens is 2. The number of hydrogen-bond acceptors (Lipinski definition) is 7. The number of ether oxygens (including phenoxy) is 1. The average molecular weight is 815 g/mol. The normalized spacial score (nSPS) is 26.7. The third kappa shape index (κ3) is 5.86. The van der Waals surface area contributed by atoms with Gasteiger partial charge in [-0.3, -0.25) is 4.79 Å². The molecule has 1 saturated heterocycles. The van der Waals surface area contributed by atoms with Crippen molar-refractivity contribution in [2.75, 3.05) is 7.11 Å². The first-order valence-electron chi connectivity index (χ1n) is 20.4. The van der Waals surface area contributed by atoms with E-state index in [9.17, 15) is 31.2 Å². The summed E-state index contributed by atoms with van der Waals surface area (Å²) in [6, 6.07) is 15.2. The van der Waals surface area contributed by atoms with E-state index in [-0.39, 0.29) is 41.5 Å². The number of H-pyrrole nitrogens is 1. The lowest BCUT2D eigenvalue weighted by Crippen LogP contribution is -2.52. The number of piperidine rings is 1. The van der Waals surface area contributed by atoms with Crippen molar-refractivity contribution in [1.29, 1.82) is 0 Å². The Kier molecular flexibility index (Phi) is 8.60. The van der Waals surface area contributed by atoms with Crippen LogP contribution in [0.1, 0.15) is 123 Å². The summed E-state index contributed by atoms with van der Waals surface area (Å²) in [6.45, 7) is 3.81. The highest BCUT2D eigenvalue weighted by molar-refractivity contribution is 7.88. The molecular weight excluding hydrogens is 770 g/mol. The summed E-state index contributed by atoms with van der Waals surface area (Å²) in [5, 5.41) is 2.73. The van der Waals surface area contributed by atoms with Gasteiger partial charge in [0.1, 0.15) is 17.6 Å². The number of aromatic amines is 1. The smallest absolute Gasteiger partial charge is 0.453 e. The number of imidazole rings is 1. The predicted octanol–water partition coefficient (Wildman–Crippen LogP) is 9.41. The van der Waals surface area contributed by atoms with Crippen LogP contribution in [0.4, 0.5) is 18.0 Å². The number of carbonyl (C=O) groups is 2. The van der Waals surface area contributed by atoms with Gasteiger partial charge in [0.05, 0.1) is 25.0 Å². The molecule has 1 aromatic heterocycles. The Bertz CT molecular complexity index is 2460. The second-order valence-corrected chi connectivity index (χ2v) is 19.0. The number of halogens is 3. The number of methoxy groups -OCH3 is 1. The van der Waals surface area contributed by atoms with Crippen LogP contribution >= 0.6 is 0 Å². The third-order valence-electron chi connectivity index (χ3n) is 14.0. The molecule has 14 heteroatoms. The van der Waals surface area contributed by atoms with Crippen molar-refractivity contribution in [1.82, 2.24) is 20.2 Å². The van der Waals surface area contributed by atoms with Crippen LogP contribution in [-0.2, 0) is 19.6 Å². The molecule has 6 unspecified atom stereocenters. The van der Waals surface area contributed by atoms with E-state index in [0.29, 0.717) is 23.3 Å². The maximum absolute atomic E-state index is 13.9. The van der Waals surface area contributed by atoms with Gasteiger partial charge >= 0.3 is 21.7 Å². The van der Waals surface area contributed by atoms with Crippen molar-refractivity contribution in [2.45, 2.75) is 113 Å². The van der Waals surface area contributed by atoms with Crippen LogP contribution in [0.15, 0.2) is 54.7 Å². The maximum Gasteiger partial charge on any atom is 0.534 e. The summed E-state index contributed by atoms with van der Waals surface area (Å²) in [7, 11) is -4.50. The van der Waals surface area contributed by atoms with Crippen LogP contribution in [-0.4, -0.2) is 60.0 Å². The van der Waals surface area contributed by atoms with Crippen LogP contribution in [0, 0.1) is 11.8 Å². The van der Waals surface area contributed by atoms with E-state index in [1.807, 2.05) is 24.9 Å². The first-order chi connectivity index (χ1) is 27.7. The summed E-state index contributed by atoms with van der Waals surface area (Å²) in [5.41, 5.74) is 4.89. The van der Waals surface area contributed by atoms with Gasteiger partial charge in [-0.15, -0.1) is 0 Å². The Hall–Kier alpha value is -4.85. The first-order valence-corrected chi connectivity index (χ1v) is 21.8. The van der Waals surface area contributed by atoms with E-state index in [2.05, 4.69) is 46.7 Å². The Morgan fingerprint density at radius 1 is 0.810 bits per heavy atom. The van der Waals surface area contributed by atoms with Crippen LogP contribution in [0.25, 0.3) is 33.5 Å². The molecule has 1 aliphatic heterocycles. The van der Waals surface area contributed by atoms with Crippen LogP contribution in [0.5, 0.6) is 5.75 Å². The molecule has 0 spiro atoms. The zero-order chi connectivity index (χ0) is 40.4. The molecule has 4 aromatic rings. The van der Waals surface area contributed by atoms with Crippen molar-refractivity contribution in [3.05, 3.63) is 82.8 Å². The lowest BCUT2D eigenvalue weighted by molar-refractivity contribution is -0.136. The van der Waals surface area contributed by atoms with Gasteiger partial charge in [0, 0.05) is 11.6 Å². The minimum Gasteiger partial charge on any atom is -0.453 e. The summed E-state index contributed by atoms with van der Waals surface area (Å²) >= 11 is 0. The molecule has 58 heavy (non-hydrogen) atoms. The van der Waals surface area contributed by atoms with Crippen molar-refractivity contribution in [3.63, 3.8) is 0 Å². The first kappa shape index (κ1) is 37.4. The monoisotopic (exact) mass is 814 g/mol. The zero-order valence-corrected chi connectivity index (χ0v) is 33.3. The number of fused-ring (bicyclic) bond motifs is 11. The molecular formula is C44H45F3N4O6S. The Morgan fingerprint density at radius 2 is 1.38 bits per heavy atom. The van der Waals surface area contributed by atoms with Crippen molar-refractivity contribution in [2.24, 2.45) is 11.8 Å². The van der Waals surface area contributed by atoms with Gasteiger partial charge in [-0.05, 0) is 137 Å². The number of benzene rings is 3. The Balaban J connectivity index is 0.944. The van der Waals surface area contributed by atoms with E-state index >= 15 is 0 Å². The number of nitrogens with one attached hydrogen (secondary N) is 2. The predicted molar refractivity (Wildman–Crippen MR) is 209 cm³/mol. The van der Waals surface area contributed by atoms with Crippen molar-refractivity contribution >= 4 is 22.1 Å². The summed E-state index contributed by atoms with van der Waals surface area (Å²) in [4.78, 5) is 36.1. The van der Waals surface area contributed by atoms with Gasteiger partial charge < -0.3 is 24.1 Å². The van der Waals surface area contributed by atoms with Crippen molar-refractivity contribution < 1.29 is 40.1 Å². The Morgan fingerprint density at radius 3 is 2.00 bits per heavy atom. The lowest BCUT2D eigenvalue weighted by Gasteiger charge is -2.31. The van der Waals surface area contributed by atoms with Gasteiger partial charge in [0.2, 0.25) is 5.91 Å². The molecule has 304 valence electrons. The fourth-order valence-corrected chi connectivity index (χ4v) is 11.8. The standard InChI is InChI=1S/C44H45F3N4O6S/c1-21(2)40(50-43(53)56-3)42(52)51-33-18-28(33)19-34(51)41-48-20-32(49-41)23-6-4-22(5-7-23)29-12-13-30(37-25-9-8-24(16-25)36(29)37)31-14-15-35(57-58(54,55)44(45,46)47)39-27-11-10-26(17-27)38(31)39/h4-7,12-15,20-21,24-28,33-34,40H,8-11,16-19H2,1-3H3,(H,48,49)(H,50,53)/t24?,25?,26?,27?,28?,33?,34-,40-/m0/s1. The van der Waals surface area contributed by atoms with E-state index in [4.69, 9.17) is 13.9 Å².